The lowest BCUT2D eigenvalue weighted by atomic mass is 10.0. The van der Waals surface area contributed by atoms with E-state index < -0.39 is 0 Å². The Hall–Kier alpha value is -1.59. The van der Waals surface area contributed by atoms with Gasteiger partial charge in [-0.05, 0) is 65.5 Å². The Bertz CT molecular complexity index is 1110. The van der Waals surface area contributed by atoms with E-state index in [4.69, 9.17) is 0 Å². The van der Waals surface area contributed by atoms with Gasteiger partial charge in [0.25, 0.3) is 0 Å². The number of pyridine rings is 1. The first-order valence-corrected chi connectivity index (χ1v) is 11.7. The van der Waals surface area contributed by atoms with E-state index in [1.165, 1.54) is 54.4 Å². The summed E-state index contributed by atoms with van der Waals surface area (Å²) in [7, 11) is 0. The predicted molar refractivity (Wildman–Crippen MR) is 126 cm³/mol. The SMILES string of the molecule is CCCCc1ccc2c(SC)c3ccc(I)cc3[n+](-c3ccccc3)c2c1. The van der Waals surface area contributed by atoms with Gasteiger partial charge in [-0.15, -0.1) is 11.8 Å². The second-order valence-electron chi connectivity index (χ2n) is 6.82. The Morgan fingerprint density at radius 3 is 2.30 bits per heavy atom. The number of benzene rings is 3. The Balaban J connectivity index is 2.14. The summed E-state index contributed by atoms with van der Waals surface area (Å²) in [6.07, 6.45) is 5.78. The first kappa shape index (κ1) is 18.8. The van der Waals surface area contributed by atoms with Crippen LogP contribution in [0.4, 0.5) is 0 Å². The smallest absolute Gasteiger partial charge is 0.153 e. The van der Waals surface area contributed by atoms with Crippen molar-refractivity contribution in [3.63, 3.8) is 0 Å². The van der Waals surface area contributed by atoms with Crippen molar-refractivity contribution in [3.8, 4) is 5.69 Å². The van der Waals surface area contributed by atoms with Crippen LogP contribution >= 0.6 is 34.4 Å². The van der Waals surface area contributed by atoms with Crippen LogP contribution in [-0.2, 0) is 6.42 Å². The topological polar surface area (TPSA) is 3.88 Å². The summed E-state index contributed by atoms with van der Waals surface area (Å²) in [5.41, 5.74) is 5.21. The van der Waals surface area contributed by atoms with Crippen LogP contribution in [0.25, 0.3) is 27.5 Å². The highest BCUT2D eigenvalue weighted by molar-refractivity contribution is 14.1. The summed E-state index contributed by atoms with van der Waals surface area (Å²) < 4.78 is 3.69. The number of fused-ring (bicyclic) bond motifs is 2. The zero-order chi connectivity index (χ0) is 18.8. The molecule has 4 rings (SSSR count). The lowest BCUT2D eigenvalue weighted by molar-refractivity contribution is -0.538. The maximum Gasteiger partial charge on any atom is 0.221 e. The Labute approximate surface area is 178 Å². The minimum Gasteiger partial charge on any atom is -0.153 e. The number of para-hydroxylation sites is 1. The highest BCUT2D eigenvalue weighted by Gasteiger charge is 2.22. The fourth-order valence-corrected chi connectivity index (χ4v) is 4.98. The monoisotopic (exact) mass is 484 g/mol. The van der Waals surface area contributed by atoms with E-state index in [9.17, 15) is 0 Å². The molecule has 3 heteroatoms. The van der Waals surface area contributed by atoms with Crippen LogP contribution in [-0.4, -0.2) is 6.26 Å². The molecular formula is C24H23INS+. The van der Waals surface area contributed by atoms with Gasteiger partial charge in [-0.25, -0.2) is 0 Å². The van der Waals surface area contributed by atoms with Gasteiger partial charge in [-0.2, -0.15) is 4.57 Å². The van der Waals surface area contributed by atoms with Gasteiger partial charge in [0.2, 0.25) is 16.7 Å². The quantitative estimate of drug-likeness (QED) is 0.129. The Morgan fingerprint density at radius 2 is 1.59 bits per heavy atom. The molecule has 0 aliphatic heterocycles. The lowest BCUT2D eigenvalue weighted by Crippen LogP contribution is -2.33. The zero-order valence-corrected chi connectivity index (χ0v) is 18.7. The van der Waals surface area contributed by atoms with Gasteiger partial charge in [-0.1, -0.05) is 37.6 Å². The third-order valence-corrected chi connectivity index (χ3v) is 6.55. The summed E-state index contributed by atoms with van der Waals surface area (Å²) in [4.78, 5) is 1.37. The highest BCUT2D eigenvalue weighted by atomic mass is 127. The van der Waals surface area contributed by atoms with Gasteiger partial charge in [0, 0.05) is 32.7 Å². The number of unbranched alkanes of at least 4 members (excludes halogenated alkanes) is 1. The maximum atomic E-state index is 2.43. The van der Waals surface area contributed by atoms with Crippen molar-refractivity contribution in [1.82, 2.24) is 0 Å². The molecule has 0 spiro atoms. The lowest BCUT2D eigenvalue weighted by Gasteiger charge is -2.12. The maximum absolute atomic E-state index is 2.43. The number of nitrogens with zero attached hydrogens (tertiary/aromatic N) is 1. The second-order valence-corrected chi connectivity index (χ2v) is 8.88. The molecule has 1 heterocycles. The van der Waals surface area contributed by atoms with E-state index in [1.54, 1.807) is 0 Å². The van der Waals surface area contributed by atoms with Crippen LogP contribution in [0.3, 0.4) is 0 Å². The number of halogens is 1. The molecule has 0 fully saturated rings. The van der Waals surface area contributed by atoms with Crippen molar-refractivity contribution in [1.29, 1.82) is 0 Å². The van der Waals surface area contributed by atoms with E-state index in [0.29, 0.717) is 0 Å². The van der Waals surface area contributed by atoms with Crippen molar-refractivity contribution in [2.45, 2.75) is 31.1 Å². The molecule has 0 saturated heterocycles. The van der Waals surface area contributed by atoms with Crippen LogP contribution in [0, 0.1) is 3.57 Å². The molecule has 0 N–H and O–H groups in total. The van der Waals surface area contributed by atoms with Crippen molar-refractivity contribution in [3.05, 3.63) is 75.9 Å². The number of aryl methyl sites for hydroxylation is 1. The number of hydrogen-bond donors (Lipinski definition) is 0. The number of hydrogen-bond acceptors (Lipinski definition) is 1. The van der Waals surface area contributed by atoms with Gasteiger partial charge in [0.15, 0.2) is 0 Å². The van der Waals surface area contributed by atoms with Gasteiger partial charge in [0.1, 0.15) is 0 Å². The average Bonchev–Trinajstić information content (AvgIpc) is 2.70. The normalized spacial score (nSPS) is 11.4. The average molecular weight is 484 g/mol. The molecule has 4 aromatic rings. The molecule has 0 saturated carbocycles. The Morgan fingerprint density at radius 1 is 0.889 bits per heavy atom. The Kier molecular flexibility index (Phi) is 5.69. The fraction of sp³-hybridized carbons (Fsp3) is 0.208. The van der Waals surface area contributed by atoms with Crippen LogP contribution in [0.15, 0.2) is 71.6 Å². The third kappa shape index (κ3) is 3.59. The van der Waals surface area contributed by atoms with E-state index in [1.807, 2.05) is 11.8 Å². The summed E-state index contributed by atoms with van der Waals surface area (Å²) in [6.45, 7) is 2.26. The van der Waals surface area contributed by atoms with E-state index in [0.717, 1.165) is 6.42 Å². The van der Waals surface area contributed by atoms with Crippen LogP contribution in [0.5, 0.6) is 0 Å². The molecule has 1 aromatic heterocycles. The van der Waals surface area contributed by atoms with Gasteiger partial charge in [-0.3, -0.25) is 0 Å². The molecule has 3 aromatic carbocycles. The van der Waals surface area contributed by atoms with Gasteiger partial charge < -0.3 is 0 Å². The summed E-state index contributed by atoms with van der Waals surface area (Å²) in [5, 5.41) is 2.65. The summed E-state index contributed by atoms with van der Waals surface area (Å²) in [6, 6.07) is 24.6. The van der Waals surface area contributed by atoms with E-state index >= 15 is 0 Å². The van der Waals surface area contributed by atoms with Gasteiger partial charge >= 0.3 is 0 Å². The second kappa shape index (κ2) is 8.19. The molecular weight excluding hydrogens is 461 g/mol. The molecule has 27 heavy (non-hydrogen) atoms. The summed E-state index contributed by atoms with van der Waals surface area (Å²) >= 11 is 4.26. The van der Waals surface area contributed by atoms with Crippen LogP contribution < -0.4 is 4.57 Å². The van der Waals surface area contributed by atoms with Crippen LogP contribution in [0.2, 0.25) is 0 Å². The number of aromatic nitrogens is 1. The van der Waals surface area contributed by atoms with Crippen molar-refractivity contribution in [2.24, 2.45) is 0 Å². The molecule has 0 aliphatic carbocycles. The predicted octanol–water partition coefficient (Wildman–Crippen LogP) is 6.94. The molecule has 0 bridgehead atoms. The van der Waals surface area contributed by atoms with E-state index in [2.05, 4.69) is 107 Å². The minimum atomic E-state index is 1.14. The molecule has 1 nitrogen and oxygen atoms in total. The van der Waals surface area contributed by atoms with Gasteiger partial charge in [0.05, 0.1) is 10.8 Å². The first-order chi connectivity index (χ1) is 13.2. The first-order valence-electron chi connectivity index (χ1n) is 9.42. The zero-order valence-electron chi connectivity index (χ0n) is 15.7. The third-order valence-electron chi connectivity index (χ3n) is 5.03. The minimum absolute atomic E-state index is 1.14. The van der Waals surface area contributed by atoms with Crippen molar-refractivity contribution < 1.29 is 4.57 Å². The standard InChI is InChI=1S/C24H23INS/c1-3-4-8-17-11-13-20-22(15-17)26(19-9-6-5-7-10-19)23-16-18(25)12-14-21(23)24(20)27-2/h5-7,9-16H,3-4,8H2,1-2H3/q+1. The fourth-order valence-electron chi connectivity index (χ4n) is 3.72. The molecule has 0 unspecified atom stereocenters. The highest BCUT2D eigenvalue weighted by Crippen LogP contribution is 2.34. The molecule has 0 radical (unpaired) electrons. The van der Waals surface area contributed by atoms with E-state index in [-0.39, 0.29) is 0 Å². The molecule has 0 amide bonds. The molecule has 136 valence electrons. The number of thioether (sulfide) groups is 1. The number of rotatable bonds is 5. The molecule has 0 aliphatic rings. The van der Waals surface area contributed by atoms with Crippen molar-refractivity contribution in [2.75, 3.05) is 6.26 Å². The summed E-state index contributed by atoms with van der Waals surface area (Å²) in [5.74, 6) is 0. The largest absolute Gasteiger partial charge is 0.221 e. The molecule has 0 atom stereocenters. The van der Waals surface area contributed by atoms with Crippen molar-refractivity contribution >= 4 is 56.2 Å². The van der Waals surface area contributed by atoms with Crippen LogP contribution in [0.1, 0.15) is 25.3 Å².